The molecule has 0 fully saturated rings. The van der Waals surface area contributed by atoms with E-state index in [2.05, 4.69) is 25.3 Å². The quantitative estimate of drug-likeness (QED) is 0.422. The molecular formula is C23H27N5O3S2. The third kappa shape index (κ3) is 3.96. The summed E-state index contributed by atoms with van der Waals surface area (Å²) in [5.74, 6) is 1.75. The zero-order chi connectivity index (χ0) is 23.1. The summed E-state index contributed by atoms with van der Waals surface area (Å²) in [6.07, 6.45) is 4.02. The highest BCUT2D eigenvalue weighted by Crippen LogP contribution is 2.42. The van der Waals surface area contributed by atoms with Gasteiger partial charge in [-0.05, 0) is 30.9 Å². The van der Waals surface area contributed by atoms with Crippen LogP contribution in [0.1, 0.15) is 16.9 Å². The summed E-state index contributed by atoms with van der Waals surface area (Å²) in [7, 11) is 7.23. The number of hydrogen-bond donors (Lipinski definition) is 1. The number of aromatic nitrogens is 3. The topological polar surface area (TPSA) is 81.5 Å². The Morgan fingerprint density at radius 1 is 1.33 bits per heavy atom. The van der Waals surface area contributed by atoms with Crippen LogP contribution in [0.25, 0.3) is 20.4 Å². The fourth-order valence-electron chi connectivity index (χ4n) is 4.49. The van der Waals surface area contributed by atoms with Crippen LogP contribution in [-0.4, -0.2) is 59.2 Å². The molecule has 1 atom stereocenters. The zero-order valence-corrected chi connectivity index (χ0v) is 20.8. The standard InChI is InChI=1S/C23H27N5O3S2/c1-27(7-8-30-3)23(29)13-5-6-14-18(9-13)32-22-20(14)21(24-12-25-22)26-15-10-19-16(28(2)33-19)11-17(15)31-4/h10-13H,5-9H2,1-4H3,(H,24,25,26)/t13-/m0/s1. The summed E-state index contributed by atoms with van der Waals surface area (Å²) in [5.41, 5.74) is 3.31. The third-order valence-electron chi connectivity index (χ3n) is 6.31. The number of nitrogens with zero attached hydrogens (tertiary/aromatic N) is 4. The van der Waals surface area contributed by atoms with Crippen LogP contribution in [0.4, 0.5) is 11.5 Å². The van der Waals surface area contributed by atoms with E-state index in [9.17, 15) is 4.79 Å². The molecule has 10 heteroatoms. The SMILES string of the molecule is COCCN(C)C(=O)[C@H]1CCc2c(sc3ncnc(Nc4cc5sn(C)c5cc4OC)c23)C1. The Balaban J connectivity index is 1.44. The summed E-state index contributed by atoms with van der Waals surface area (Å²) in [4.78, 5) is 26.0. The van der Waals surface area contributed by atoms with E-state index in [1.54, 1.807) is 48.3 Å². The van der Waals surface area contributed by atoms with Crippen LogP contribution in [0.15, 0.2) is 18.5 Å². The monoisotopic (exact) mass is 485 g/mol. The molecule has 1 aliphatic carbocycles. The second-order valence-electron chi connectivity index (χ2n) is 8.33. The first-order chi connectivity index (χ1) is 16.0. The van der Waals surface area contributed by atoms with Gasteiger partial charge in [0.15, 0.2) is 0 Å². The van der Waals surface area contributed by atoms with Gasteiger partial charge in [0.1, 0.15) is 22.7 Å². The summed E-state index contributed by atoms with van der Waals surface area (Å²) in [6, 6.07) is 4.15. The van der Waals surface area contributed by atoms with Gasteiger partial charge in [-0.1, -0.05) is 11.5 Å². The van der Waals surface area contributed by atoms with Crippen LogP contribution in [0.5, 0.6) is 5.75 Å². The molecule has 174 valence electrons. The minimum absolute atomic E-state index is 0.00106. The van der Waals surface area contributed by atoms with Gasteiger partial charge >= 0.3 is 0 Å². The first-order valence-electron chi connectivity index (χ1n) is 10.9. The van der Waals surface area contributed by atoms with Gasteiger partial charge in [-0.3, -0.25) is 8.75 Å². The summed E-state index contributed by atoms with van der Waals surface area (Å²) < 4.78 is 14.1. The molecule has 1 aromatic carbocycles. The van der Waals surface area contributed by atoms with Crippen molar-refractivity contribution in [3.8, 4) is 5.75 Å². The van der Waals surface area contributed by atoms with Crippen molar-refractivity contribution in [1.29, 1.82) is 0 Å². The van der Waals surface area contributed by atoms with Gasteiger partial charge in [-0.15, -0.1) is 11.3 Å². The van der Waals surface area contributed by atoms with Crippen molar-refractivity contribution >= 4 is 60.7 Å². The molecule has 1 aliphatic rings. The van der Waals surface area contributed by atoms with Crippen molar-refractivity contribution in [2.75, 3.05) is 39.7 Å². The van der Waals surface area contributed by atoms with Crippen LogP contribution in [0.3, 0.4) is 0 Å². The van der Waals surface area contributed by atoms with Crippen LogP contribution < -0.4 is 10.1 Å². The summed E-state index contributed by atoms with van der Waals surface area (Å²) >= 11 is 3.37. The molecule has 8 nitrogen and oxygen atoms in total. The molecule has 3 aromatic heterocycles. The molecule has 0 saturated heterocycles. The Hall–Kier alpha value is -2.69. The smallest absolute Gasteiger partial charge is 0.225 e. The number of methoxy groups -OCH3 is 2. The lowest BCUT2D eigenvalue weighted by Gasteiger charge is -2.26. The maximum atomic E-state index is 12.9. The molecule has 0 unspecified atom stereocenters. The number of anilines is 2. The molecule has 0 spiro atoms. The largest absolute Gasteiger partial charge is 0.494 e. The Morgan fingerprint density at radius 3 is 2.94 bits per heavy atom. The lowest BCUT2D eigenvalue weighted by Crippen LogP contribution is -2.37. The molecule has 0 bridgehead atoms. The second-order valence-corrected chi connectivity index (χ2v) is 10.6. The van der Waals surface area contributed by atoms with E-state index < -0.39 is 0 Å². The van der Waals surface area contributed by atoms with Gasteiger partial charge in [-0.25, -0.2) is 9.97 Å². The van der Waals surface area contributed by atoms with Crippen molar-refractivity contribution < 1.29 is 14.3 Å². The van der Waals surface area contributed by atoms with Crippen molar-refractivity contribution in [1.82, 2.24) is 18.8 Å². The number of hydrogen-bond acceptors (Lipinski definition) is 8. The lowest BCUT2D eigenvalue weighted by atomic mass is 9.87. The predicted octanol–water partition coefficient (Wildman–Crippen LogP) is 4.21. The summed E-state index contributed by atoms with van der Waals surface area (Å²) in [5, 5.41) is 4.57. The van der Waals surface area contributed by atoms with E-state index in [-0.39, 0.29) is 11.8 Å². The molecule has 0 radical (unpaired) electrons. The second kappa shape index (κ2) is 8.92. The Kier molecular flexibility index (Phi) is 5.98. The molecular weight excluding hydrogens is 458 g/mol. The Morgan fingerprint density at radius 2 is 2.18 bits per heavy atom. The number of aryl methyl sites for hydroxylation is 2. The van der Waals surface area contributed by atoms with E-state index in [1.165, 1.54) is 15.1 Å². The van der Waals surface area contributed by atoms with Crippen LogP contribution in [0, 0.1) is 5.92 Å². The van der Waals surface area contributed by atoms with Crippen molar-refractivity contribution in [2.24, 2.45) is 13.0 Å². The minimum atomic E-state index is -0.00106. The van der Waals surface area contributed by atoms with E-state index in [0.29, 0.717) is 13.2 Å². The normalized spacial score (nSPS) is 15.7. The number of likely N-dealkylation sites (N-methyl/N-ethyl adjacent to an activating group) is 1. The molecule has 0 saturated carbocycles. The first kappa shape index (κ1) is 22.1. The molecule has 1 amide bonds. The van der Waals surface area contributed by atoms with Gasteiger partial charge in [0, 0.05) is 44.6 Å². The molecule has 0 aliphatic heterocycles. The third-order valence-corrected chi connectivity index (χ3v) is 8.47. The van der Waals surface area contributed by atoms with Gasteiger partial charge in [0.2, 0.25) is 5.91 Å². The van der Waals surface area contributed by atoms with E-state index in [1.807, 2.05) is 20.2 Å². The van der Waals surface area contributed by atoms with Crippen molar-refractivity contribution in [3.05, 3.63) is 28.9 Å². The molecule has 33 heavy (non-hydrogen) atoms. The van der Waals surface area contributed by atoms with Crippen LogP contribution in [-0.2, 0) is 29.4 Å². The fraction of sp³-hybridized carbons (Fsp3) is 0.435. The highest BCUT2D eigenvalue weighted by Gasteiger charge is 2.30. The van der Waals surface area contributed by atoms with Gasteiger partial charge in [0.25, 0.3) is 0 Å². The Labute approximate surface area is 200 Å². The van der Waals surface area contributed by atoms with Gasteiger partial charge in [-0.2, -0.15) is 0 Å². The maximum absolute atomic E-state index is 12.9. The Bertz CT molecular complexity index is 1320. The number of fused-ring (bicyclic) bond motifs is 4. The number of carbonyl (C=O) groups excluding carboxylic acids is 1. The van der Waals surface area contributed by atoms with Crippen LogP contribution >= 0.6 is 22.9 Å². The molecule has 1 N–H and O–H groups in total. The minimum Gasteiger partial charge on any atom is -0.494 e. The highest BCUT2D eigenvalue weighted by atomic mass is 32.1. The fourth-order valence-corrected chi connectivity index (χ4v) is 6.63. The predicted molar refractivity (Wildman–Crippen MR) is 133 cm³/mol. The summed E-state index contributed by atoms with van der Waals surface area (Å²) in [6.45, 7) is 1.16. The van der Waals surface area contributed by atoms with E-state index >= 15 is 0 Å². The van der Waals surface area contributed by atoms with Gasteiger partial charge in [0.05, 0.1) is 35.0 Å². The lowest BCUT2D eigenvalue weighted by molar-refractivity contribution is -0.135. The number of ether oxygens (including phenoxy) is 2. The zero-order valence-electron chi connectivity index (χ0n) is 19.2. The van der Waals surface area contributed by atoms with Crippen LogP contribution in [0.2, 0.25) is 0 Å². The molecule has 5 rings (SSSR count). The number of amides is 1. The number of carbonyl (C=O) groups is 1. The van der Waals surface area contributed by atoms with E-state index in [4.69, 9.17) is 9.47 Å². The first-order valence-corrected chi connectivity index (χ1v) is 12.5. The van der Waals surface area contributed by atoms with Crippen molar-refractivity contribution in [3.63, 3.8) is 0 Å². The number of benzene rings is 1. The van der Waals surface area contributed by atoms with E-state index in [0.717, 1.165) is 52.3 Å². The number of nitrogens with one attached hydrogen (secondary N) is 1. The molecule has 4 aromatic rings. The van der Waals surface area contributed by atoms with Crippen molar-refractivity contribution in [2.45, 2.75) is 19.3 Å². The number of thiophene rings is 1. The number of rotatable bonds is 7. The molecule has 3 heterocycles. The van der Waals surface area contributed by atoms with Gasteiger partial charge < -0.3 is 19.7 Å². The average molecular weight is 486 g/mol. The average Bonchev–Trinajstić information content (AvgIpc) is 3.20. The highest BCUT2D eigenvalue weighted by molar-refractivity contribution is 7.19. The maximum Gasteiger partial charge on any atom is 0.225 e.